The Bertz CT molecular complexity index is 729. The van der Waals surface area contributed by atoms with E-state index in [0.717, 1.165) is 11.1 Å². The van der Waals surface area contributed by atoms with Gasteiger partial charge in [-0.05, 0) is 31.4 Å². The van der Waals surface area contributed by atoms with Gasteiger partial charge in [-0.25, -0.2) is 0 Å². The van der Waals surface area contributed by atoms with Crippen molar-refractivity contribution in [1.29, 1.82) is 0 Å². The fourth-order valence-electron chi connectivity index (χ4n) is 2.50. The lowest BCUT2D eigenvalue weighted by Gasteiger charge is -2.15. The molecular weight excluding hydrogens is 328 g/mol. The summed E-state index contributed by atoms with van der Waals surface area (Å²) >= 11 is 0. The third-order valence-electron chi connectivity index (χ3n) is 3.92. The molecule has 0 heterocycles. The summed E-state index contributed by atoms with van der Waals surface area (Å²) in [4.78, 5) is 24.0. The molecule has 0 spiro atoms. The van der Waals surface area contributed by atoms with Crippen molar-refractivity contribution in [1.82, 2.24) is 10.6 Å². The van der Waals surface area contributed by atoms with Crippen molar-refractivity contribution >= 4 is 11.8 Å². The number of benzene rings is 2. The zero-order valence-corrected chi connectivity index (χ0v) is 15.5. The molecular formula is C21H26N2O3. The van der Waals surface area contributed by atoms with Crippen LogP contribution < -0.4 is 15.4 Å². The first-order chi connectivity index (χ1) is 12.5. The van der Waals surface area contributed by atoms with Gasteiger partial charge in [-0.15, -0.1) is 0 Å². The topological polar surface area (TPSA) is 67.4 Å². The number of para-hydroxylation sites is 1. The largest absolute Gasteiger partial charge is 0.491 e. The molecule has 0 unspecified atom stereocenters. The summed E-state index contributed by atoms with van der Waals surface area (Å²) in [5.74, 6) is -0.436. The van der Waals surface area contributed by atoms with Crippen LogP contribution in [0.15, 0.2) is 54.6 Å². The van der Waals surface area contributed by atoms with Gasteiger partial charge >= 0.3 is 11.8 Å². The lowest BCUT2D eigenvalue weighted by Crippen LogP contribution is -2.40. The van der Waals surface area contributed by atoms with Crippen LogP contribution in [-0.4, -0.2) is 24.5 Å². The van der Waals surface area contributed by atoms with E-state index in [2.05, 4.69) is 10.6 Å². The van der Waals surface area contributed by atoms with Crippen LogP contribution in [0.2, 0.25) is 0 Å². The van der Waals surface area contributed by atoms with Gasteiger partial charge in [0.15, 0.2) is 0 Å². The van der Waals surface area contributed by atoms with Crippen LogP contribution in [0.3, 0.4) is 0 Å². The molecule has 5 heteroatoms. The number of hydrogen-bond donors (Lipinski definition) is 2. The first kappa shape index (κ1) is 19.5. The molecule has 0 saturated heterocycles. The second kappa shape index (κ2) is 9.61. The summed E-state index contributed by atoms with van der Waals surface area (Å²) < 4.78 is 5.71. The molecule has 138 valence electrons. The molecule has 0 aliphatic carbocycles. The number of ether oxygens (including phenoxy) is 1. The fourth-order valence-corrected chi connectivity index (χ4v) is 2.50. The van der Waals surface area contributed by atoms with Gasteiger partial charge in [0.05, 0.1) is 6.10 Å². The lowest BCUT2D eigenvalue weighted by molar-refractivity contribution is -0.139. The van der Waals surface area contributed by atoms with E-state index in [1.54, 1.807) is 0 Å². The third-order valence-corrected chi connectivity index (χ3v) is 3.92. The maximum atomic E-state index is 12.0. The molecule has 0 saturated carbocycles. The number of rotatable bonds is 7. The maximum Gasteiger partial charge on any atom is 0.309 e. The van der Waals surface area contributed by atoms with Crippen molar-refractivity contribution < 1.29 is 14.3 Å². The zero-order valence-electron chi connectivity index (χ0n) is 15.5. The summed E-state index contributed by atoms with van der Waals surface area (Å²) in [6.45, 7) is 6.53. The van der Waals surface area contributed by atoms with E-state index in [1.165, 1.54) is 0 Å². The summed E-state index contributed by atoms with van der Waals surface area (Å²) in [6, 6.07) is 17.3. The minimum Gasteiger partial charge on any atom is -0.491 e. The second-order valence-electron chi connectivity index (χ2n) is 6.48. The minimum absolute atomic E-state index is 0.0367. The van der Waals surface area contributed by atoms with E-state index in [9.17, 15) is 9.59 Å². The predicted molar refractivity (Wildman–Crippen MR) is 102 cm³/mol. The monoisotopic (exact) mass is 354 g/mol. The standard InChI is InChI=1S/C21H26N2O3/c1-15(2)26-19-12-8-7-11-18(19)14-23-21(25)20(24)22-13-16(3)17-9-5-4-6-10-17/h4-12,15-16H,13-14H2,1-3H3,(H,22,24)(H,23,25)/t16-/m1/s1. The van der Waals surface area contributed by atoms with Crippen molar-refractivity contribution in [3.8, 4) is 5.75 Å². The van der Waals surface area contributed by atoms with Crippen molar-refractivity contribution in [3.63, 3.8) is 0 Å². The van der Waals surface area contributed by atoms with Gasteiger partial charge in [0.1, 0.15) is 5.75 Å². The van der Waals surface area contributed by atoms with Crippen LogP contribution in [0.5, 0.6) is 5.75 Å². The Labute approximate surface area is 154 Å². The lowest BCUT2D eigenvalue weighted by atomic mass is 10.0. The molecule has 0 fully saturated rings. The highest BCUT2D eigenvalue weighted by molar-refractivity contribution is 6.35. The molecule has 5 nitrogen and oxygen atoms in total. The summed E-state index contributed by atoms with van der Waals surface area (Å²) in [7, 11) is 0. The Morgan fingerprint density at radius 2 is 1.50 bits per heavy atom. The Morgan fingerprint density at radius 3 is 2.19 bits per heavy atom. The smallest absolute Gasteiger partial charge is 0.309 e. The van der Waals surface area contributed by atoms with Crippen LogP contribution >= 0.6 is 0 Å². The number of carbonyl (C=O) groups excluding carboxylic acids is 2. The molecule has 26 heavy (non-hydrogen) atoms. The molecule has 2 amide bonds. The highest BCUT2D eigenvalue weighted by atomic mass is 16.5. The van der Waals surface area contributed by atoms with Gasteiger partial charge in [0, 0.05) is 18.7 Å². The normalized spacial score (nSPS) is 11.7. The number of carbonyl (C=O) groups is 2. The van der Waals surface area contributed by atoms with E-state index in [1.807, 2.05) is 75.4 Å². The van der Waals surface area contributed by atoms with Crippen LogP contribution in [0.25, 0.3) is 0 Å². The fraction of sp³-hybridized carbons (Fsp3) is 0.333. The van der Waals surface area contributed by atoms with E-state index in [0.29, 0.717) is 12.3 Å². The molecule has 2 rings (SSSR count). The number of hydrogen-bond acceptors (Lipinski definition) is 3. The van der Waals surface area contributed by atoms with Gasteiger partial charge in [-0.1, -0.05) is 55.5 Å². The number of nitrogens with one attached hydrogen (secondary N) is 2. The first-order valence-electron chi connectivity index (χ1n) is 8.83. The van der Waals surface area contributed by atoms with Crippen molar-refractivity contribution in [2.75, 3.05) is 6.54 Å². The van der Waals surface area contributed by atoms with Gasteiger partial charge in [-0.3, -0.25) is 9.59 Å². The first-order valence-corrected chi connectivity index (χ1v) is 8.83. The van der Waals surface area contributed by atoms with Crippen LogP contribution in [0.1, 0.15) is 37.8 Å². The SMILES string of the molecule is CC(C)Oc1ccccc1CNC(=O)C(=O)NC[C@@H](C)c1ccccc1. The molecule has 0 radical (unpaired) electrons. The van der Waals surface area contributed by atoms with Gasteiger partial charge < -0.3 is 15.4 Å². The maximum absolute atomic E-state index is 12.0. The van der Waals surface area contributed by atoms with Crippen LogP contribution in [0, 0.1) is 0 Å². The third kappa shape index (κ3) is 5.92. The second-order valence-corrected chi connectivity index (χ2v) is 6.48. The van der Waals surface area contributed by atoms with Crippen LogP contribution in [0.4, 0.5) is 0 Å². The van der Waals surface area contributed by atoms with E-state index in [-0.39, 0.29) is 18.6 Å². The highest BCUT2D eigenvalue weighted by Gasteiger charge is 2.15. The van der Waals surface area contributed by atoms with E-state index >= 15 is 0 Å². The summed E-state index contributed by atoms with van der Waals surface area (Å²) in [6.07, 6.45) is 0.0367. The Hall–Kier alpha value is -2.82. The molecule has 1 atom stereocenters. The highest BCUT2D eigenvalue weighted by Crippen LogP contribution is 2.19. The van der Waals surface area contributed by atoms with E-state index in [4.69, 9.17) is 4.74 Å². The quantitative estimate of drug-likeness (QED) is 0.751. The Morgan fingerprint density at radius 1 is 0.885 bits per heavy atom. The van der Waals surface area contributed by atoms with Crippen LogP contribution in [-0.2, 0) is 16.1 Å². The molecule has 2 aromatic rings. The van der Waals surface area contributed by atoms with Crippen molar-refractivity contribution in [2.24, 2.45) is 0 Å². The number of amides is 2. The Kier molecular flexibility index (Phi) is 7.21. The van der Waals surface area contributed by atoms with Gasteiger partial charge in [0.25, 0.3) is 0 Å². The zero-order chi connectivity index (χ0) is 18.9. The summed E-state index contributed by atoms with van der Waals surface area (Å²) in [5.41, 5.74) is 1.95. The molecule has 2 aromatic carbocycles. The minimum atomic E-state index is -0.649. The Balaban J connectivity index is 1.83. The van der Waals surface area contributed by atoms with E-state index < -0.39 is 11.8 Å². The van der Waals surface area contributed by atoms with Gasteiger partial charge in [0.2, 0.25) is 0 Å². The van der Waals surface area contributed by atoms with Gasteiger partial charge in [-0.2, -0.15) is 0 Å². The average molecular weight is 354 g/mol. The molecule has 0 aromatic heterocycles. The predicted octanol–water partition coefficient (Wildman–Crippen LogP) is 3.01. The molecule has 0 aliphatic heterocycles. The molecule has 2 N–H and O–H groups in total. The van der Waals surface area contributed by atoms with Crippen molar-refractivity contribution in [2.45, 2.75) is 39.3 Å². The molecule has 0 bridgehead atoms. The van der Waals surface area contributed by atoms with Crippen molar-refractivity contribution in [3.05, 3.63) is 65.7 Å². The summed E-state index contributed by atoms with van der Waals surface area (Å²) in [5, 5.41) is 5.33. The molecule has 0 aliphatic rings. The average Bonchev–Trinajstić information content (AvgIpc) is 2.65.